The van der Waals surface area contributed by atoms with Gasteiger partial charge in [0.2, 0.25) is 5.75 Å². The second-order valence-corrected chi connectivity index (χ2v) is 8.08. The number of rotatable bonds is 8. The zero-order valence-electron chi connectivity index (χ0n) is 18.7. The summed E-state index contributed by atoms with van der Waals surface area (Å²) >= 11 is 12.7. The second kappa shape index (κ2) is 9.19. The Bertz CT molecular complexity index is 1310. The van der Waals surface area contributed by atoms with Crippen LogP contribution in [0.15, 0.2) is 15.3 Å². The third kappa shape index (κ3) is 3.81. The van der Waals surface area contributed by atoms with Gasteiger partial charge in [-0.05, 0) is 39.3 Å². The van der Waals surface area contributed by atoms with Crippen molar-refractivity contribution in [3.05, 3.63) is 48.9 Å². The van der Waals surface area contributed by atoms with Crippen LogP contribution in [-0.2, 0) is 17.9 Å². The van der Waals surface area contributed by atoms with Gasteiger partial charge in [0.1, 0.15) is 6.61 Å². The van der Waals surface area contributed by atoms with E-state index in [0.717, 1.165) is 0 Å². The third-order valence-corrected chi connectivity index (χ3v) is 6.23. The number of nitrogens with zero attached hydrogens (tertiary/aromatic N) is 1. The van der Waals surface area contributed by atoms with Gasteiger partial charge in [0.05, 0.1) is 48.0 Å². The smallest absolute Gasteiger partial charge is 0.420 e. The standard InChI is InChI=1S/C23H23Cl2NO7/c1-5-29-18-12(9-26-15-8-14(24)11(4)17(25)20(15)33-23(26)28)16-13(10-32-22(16)27)19(30-6-2)21(18)31-7-3/h8H,5-7,9-10H2,1-4H3. The molecule has 1 aliphatic rings. The molecule has 0 spiro atoms. The predicted molar refractivity (Wildman–Crippen MR) is 123 cm³/mol. The van der Waals surface area contributed by atoms with Crippen LogP contribution in [0.4, 0.5) is 0 Å². The van der Waals surface area contributed by atoms with E-state index in [0.29, 0.717) is 64.3 Å². The molecule has 0 amide bonds. The zero-order chi connectivity index (χ0) is 23.9. The maximum absolute atomic E-state index is 12.8. The molecule has 2 aromatic carbocycles. The first-order chi connectivity index (χ1) is 15.8. The van der Waals surface area contributed by atoms with Gasteiger partial charge in [0.15, 0.2) is 17.1 Å². The fourth-order valence-corrected chi connectivity index (χ4v) is 4.41. The van der Waals surface area contributed by atoms with Crippen LogP contribution in [-0.4, -0.2) is 30.4 Å². The van der Waals surface area contributed by atoms with Gasteiger partial charge < -0.3 is 23.4 Å². The largest absolute Gasteiger partial charge is 0.489 e. The summed E-state index contributed by atoms with van der Waals surface area (Å²) in [5.41, 5.74) is 2.49. The molecule has 0 saturated heterocycles. The van der Waals surface area contributed by atoms with Gasteiger partial charge in [-0.2, -0.15) is 0 Å². The molecule has 4 rings (SSSR count). The molecular weight excluding hydrogens is 473 g/mol. The van der Waals surface area contributed by atoms with E-state index in [4.69, 9.17) is 46.6 Å². The average Bonchev–Trinajstić information content (AvgIpc) is 3.31. The topological polar surface area (TPSA) is 89.1 Å². The lowest BCUT2D eigenvalue weighted by Gasteiger charge is -2.21. The number of hydrogen-bond donors (Lipinski definition) is 0. The van der Waals surface area contributed by atoms with E-state index >= 15 is 0 Å². The summed E-state index contributed by atoms with van der Waals surface area (Å²) < 4.78 is 29.8. The van der Waals surface area contributed by atoms with E-state index in [1.54, 1.807) is 13.0 Å². The number of benzene rings is 2. The van der Waals surface area contributed by atoms with Gasteiger partial charge in [-0.3, -0.25) is 4.57 Å². The van der Waals surface area contributed by atoms with Crippen molar-refractivity contribution >= 4 is 40.3 Å². The summed E-state index contributed by atoms with van der Waals surface area (Å²) in [4.78, 5) is 25.6. The van der Waals surface area contributed by atoms with Crippen LogP contribution in [0.5, 0.6) is 17.2 Å². The van der Waals surface area contributed by atoms with Crippen LogP contribution >= 0.6 is 23.2 Å². The Balaban J connectivity index is 2.02. The monoisotopic (exact) mass is 495 g/mol. The Morgan fingerprint density at radius 1 is 1.00 bits per heavy atom. The number of carbonyl (C=O) groups is 1. The predicted octanol–water partition coefficient (Wildman–Crippen LogP) is 5.12. The Morgan fingerprint density at radius 3 is 2.30 bits per heavy atom. The highest BCUT2D eigenvalue weighted by Crippen LogP contribution is 2.48. The Morgan fingerprint density at radius 2 is 1.64 bits per heavy atom. The van der Waals surface area contributed by atoms with Gasteiger partial charge in [-0.1, -0.05) is 23.2 Å². The Labute approximate surface area is 199 Å². The van der Waals surface area contributed by atoms with Crippen LogP contribution in [0.25, 0.3) is 11.1 Å². The van der Waals surface area contributed by atoms with Crippen LogP contribution < -0.4 is 20.0 Å². The van der Waals surface area contributed by atoms with Crippen LogP contribution in [0, 0.1) is 6.92 Å². The first kappa shape index (κ1) is 23.3. The van der Waals surface area contributed by atoms with E-state index in [2.05, 4.69) is 0 Å². The minimum Gasteiger partial charge on any atom is -0.489 e. The molecular formula is C23H23Cl2NO7. The molecule has 2 heterocycles. The molecule has 10 heteroatoms. The fraction of sp³-hybridized carbons (Fsp3) is 0.391. The summed E-state index contributed by atoms with van der Waals surface area (Å²) in [7, 11) is 0. The lowest BCUT2D eigenvalue weighted by Crippen LogP contribution is -2.19. The highest BCUT2D eigenvalue weighted by molar-refractivity contribution is 6.39. The van der Waals surface area contributed by atoms with Crippen LogP contribution in [0.1, 0.15) is 47.8 Å². The van der Waals surface area contributed by atoms with Gasteiger partial charge in [0, 0.05) is 10.6 Å². The average molecular weight is 496 g/mol. The molecule has 0 bridgehead atoms. The number of hydrogen-bond acceptors (Lipinski definition) is 7. The van der Waals surface area contributed by atoms with Gasteiger partial charge in [0.25, 0.3) is 0 Å². The number of oxazole rings is 1. The second-order valence-electron chi connectivity index (χ2n) is 7.29. The number of esters is 1. The van der Waals surface area contributed by atoms with E-state index < -0.39 is 11.7 Å². The van der Waals surface area contributed by atoms with E-state index in [9.17, 15) is 9.59 Å². The highest BCUT2D eigenvalue weighted by Gasteiger charge is 2.36. The maximum Gasteiger partial charge on any atom is 0.420 e. The number of cyclic esters (lactones) is 1. The molecule has 0 fully saturated rings. The minimum absolute atomic E-state index is 0.0286. The third-order valence-electron chi connectivity index (χ3n) is 5.38. The van der Waals surface area contributed by atoms with E-state index in [1.165, 1.54) is 4.57 Å². The quantitative estimate of drug-likeness (QED) is 0.400. The molecule has 0 radical (unpaired) electrons. The van der Waals surface area contributed by atoms with Crippen molar-refractivity contribution in [2.24, 2.45) is 0 Å². The van der Waals surface area contributed by atoms with Crippen molar-refractivity contribution in [3.8, 4) is 17.2 Å². The number of fused-ring (bicyclic) bond motifs is 2. The molecule has 0 aliphatic carbocycles. The van der Waals surface area contributed by atoms with Crippen molar-refractivity contribution in [2.75, 3.05) is 19.8 Å². The lowest BCUT2D eigenvalue weighted by atomic mass is 9.99. The molecule has 0 saturated carbocycles. The summed E-state index contributed by atoms with van der Waals surface area (Å²) in [5.74, 6) is -0.105. The molecule has 1 aliphatic heterocycles. The number of aromatic nitrogens is 1. The Hall–Kier alpha value is -2.84. The number of carbonyl (C=O) groups excluding carboxylic acids is 1. The Kier molecular flexibility index (Phi) is 6.50. The molecule has 3 aromatic rings. The van der Waals surface area contributed by atoms with Crippen molar-refractivity contribution in [1.82, 2.24) is 4.57 Å². The normalized spacial score (nSPS) is 12.7. The number of halogens is 2. The molecule has 176 valence electrons. The van der Waals surface area contributed by atoms with Crippen molar-refractivity contribution in [2.45, 2.75) is 40.8 Å². The summed E-state index contributed by atoms with van der Waals surface area (Å²) in [6.07, 6.45) is 0. The van der Waals surface area contributed by atoms with Crippen LogP contribution in [0.2, 0.25) is 10.0 Å². The molecule has 0 unspecified atom stereocenters. The molecule has 0 N–H and O–H groups in total. The maximum atomic E-state index is 12.8. The highest BCUT2D eigenvalue weighted by atomic mass is 35.5. The van der Waals surface area contributed by atoms with E-state index in [1.807, 2.05) is 20.8 Å². The van der Waals surface area contributed by atoms with Crippen LogP contribution in [0.3, 0.4) is 0 Å². The fourth-order valence-electron chi connectivity index (χ4n) is 3.93. The van der Waals surface area contributed by atoms with Gasteiger partial charge in [-0.25, -0.2) is 9.59 Å². The molecule has 8 nitrogen and oxygen atoms in total. The summed E-state index contributed by atoms with van der Waals surface area (Å²) in [6.45, 7) is 8.18. The lowest BCUT2D eigenvalue weighted by molar-refractivity contribution is 0.0533. The first-order valence-electron chi connectivity index (χ1n) is 10.6. The van der Waals surface area contributed by atoms with Gasteiger partial charge in [-0.15, -0.1) is 0 Å². The minimum atomic E-state index is -0.650. The van der Waals surface area contributed by atoms with Crippen molar-refractivity contribution < 1.29 is 28.2 Å². The first-order valence-corrected chi connectivity index (χ1v) is 11.3. The SMILES string of the molecule is CCOc1c2c(c(Cn3c(=O)oc4c(Cl)c(C)c(Cl)cc43)c(OCC)c1OCC)C(=O)OC2. The zero-order valence-corrected chi connectivity index (χ0v) is 20.2. The van der Waals surface area contributed by atoms with Crippen molar-refractivity contribution in [1.29, 1.82) is 0 Å². The van der Waals surface area contributed by atoms with Gasteiger partial charge >= 0.3 is 11.7 Å². The summed E-state index contributed by atoms with van der Waals surface area (Å²) in [5, 5.41) is 0.642. The van der Waals surface area contributed by atoms with E-state index in [-0.39, 0.29) is 29.3 Å². The molecule has 1 aromatic heterocycles. The summed E-state index contributed by atoms with van der Waals surface area (Å²) in [6, 6.07) is 1.61. The molecule has 33 heavy (non-hydrogen) atoms. The number of ether oxygens (including phenoxy) is 4. The van der Waals surface area contributed by atoms with Crippen molar-refractivity contribution in [3.63, 3.8) is 0 Å². The molecule has 0 atom stereocenters.